The Hall–Kier alpha value is -2.89. The molecule has 3 fully saturated rings. The van der Waals surface area contributed by atoms with Gasteiger partial charge in [0.15, 0.2) is 0 Å². The normalized spacial score (nSPS) is 27.9. The molecule has 1 unspecified atom stereocenters. The molecule has 63 heavy (non-hydrogen) atoms. The molecule has 1 aromatic rings. The van der Waals surface area contributed by atoms with Gasteiger partial charge in [0.05, 0.1) is 12.7 Å². The SMILES string of the molecule is CSCC[C@H](NC(=O)[C@H](CC(C)C)NC(=O)CCC(=O)NCCCO[C@H]1CC[C@@]2(C)C(=CC[C@@H]3C2CC[C@]2(C)[C@@H]([C@H](C)CCCC(C)C)CC[C@@H]32)C1)C(=O)Nc1ccc(CO)cc1. The van der Waals surface area contributed by atoms with Crippen LogP contribution < -0.4 is 21.3 Å². The molecule has 10 nitrogen and oxygen atoms in total. The molecule has 5 N–H and O–H groups in total. The van der Waals surface area contributed by atoms with Crippen LogP contribution >= 0.6 is 11.8 Å². The van der Waals surface area contributed by atoms with Gasteiger partial charge >= 0.3 is 0 Å². The number of carbonyl (C=O) groups is 4. The second kappa shape index (κ2) is 24.0. The molecule has 3 saturated carbocycles. The third-order valence-electron chi connectivity index (χ3n) is 15.8. The predicted molar refractivity (Wildman–Crippen MR) is 257 cm³/mol. The first kappa shape index (κ1) is 51.1. The van der Waals surface area contributed by atoms with Crippen LogP contribution in [0.25, 0.3) is 0 Å². The van der Waals surface area contributed by atoms with E-state index in [4.69, 9.17) is 4.74 Å². The summed E-state index contributed by atoms with van der Waals surface area (Å²) in [6.07, 6.45) is 20.6. The maximum absolute atomic E-state index is 13.5. The molecule has 354 valence electrons. The number of amides is 4. The number of thioether (sulfide) groups is 1. The first-order valence-corrected chi connectivity index (χ1v) is 26.1. The van der Waals surface area contributed by atoms with Crippen LogP contribution in [0.15, 0.2) is 35.9 Å². The third kappa shape index (κ3) is 13.8. The highest BCUT2D eigenvalue weighted by molar-refractivity contribution is 7.98. The maximum Gasteiger partial charge on any atom is 0.246 e. The Morgan fingerprint density at radius 1 is 0.825 bits per heavy atom. The van der Waals surface area contributed by atoms with Crippen LogP contribution in [0.1, 0.15) is 157 Å². The number of hydrogen-bond donors (Lipinski definition) is 5. The molecule has 0 bridgehead atoms. The molecule has 0 saturated heterocycles. The zero-order chi connectivity index (χ0) is 45.7. The largest absolute Gasteiger partial charge is 0.392 e. The second-order valence-electron chi connectivity index (χ2n) is 21.2. The van der Waals surface area contributed by atoms with Gasteiger partial charge in [0.25, 0.3) is 0 Å². The summed E-state index contributed by atoms with van der Waals surface area (Å²) < 4.78 is 6.44. The molecule has 0 aromatic heterocycles. The van der Waals surface area contributed by atoms with Crippen molar-refractivity contribution >= 4 is 41.1 Å². The lowest BCUT2D eigenvalue weighted by molar-refractivity contribution is -0.132. The number of rotatable bonds is 24. The first-order valence-electron chi connectivity index (χ1n) is 24.7. The fourth-order valence-electron chi connectivity index (χ4n) is 12.3. The summed E-state index contributed by atoms with van der Waals surface area (Å²) in [6, 6.07) is 5.23. The minimum absolute atomic E-state index is 0.0199. The van der Waals surface area contributed by atoms with Gasteiger partial charge in [0.1, 0.15) is 12.1 Å². The minimum Gasteiger partial charge on any atom is -0.392 e. The number of aliphatic hydroxyl groups excluding tert-OH is 1. The number of ether oxygens (including phenoxy) is 1. The highest BCUT2D eigenvalue weighted by atomic mass is 32.2. The molecular formula is C52H84N4O6S. The van der Waals surface area contributed by atoms with Gasteiger partial charge in [-0.2, -0.15) is 11.8 Å². The summed E-state index contributed by atoms with van der Waals surface area (Å²) >= 11 is 1.57. The van der Waals surface area contributed by atoms with E-state index in [9.17, 15) is 24.3 Å². The molecular weight excluding hydrogens is 809 g/mol. The molecule has 0 radical (unpaired) electrons. The van der Waals surface area contributed by atoms with Gasteiger partial charge in [-0.25, -0.2) is 0 Å². The summed E-state index contributed by atoms with van der Waals surface area (Å²) in [6.45, 7) is 17.5. The lowest BCUT2D eigenvalue weighted by Crippen LogP contribution is -2.53. The highest BCUT2D eigenvalue weighted by Crippen LogP contribution is 2.67. The van der Waals surface area contributed by atoms with Gasteiger partial charge < -0.3 is 31.1 Å². The van der Waals surface area contributed by atoms with Gasteiger partial charge in [0, 0.05) is 31.7 Å². The van der Waals surface area contributed by atoms with E-state index in [0.717, 1.165) is 53.9 Å². The zero-order valence-corrected chi connectivity index (χ0v) is 41.0. The lowest BCUT2D eigenvalue weighted by atomic mass is 9.47. The number of hydrogen-bond acceptors (Lipinski definition) is 7. The molecule has 0 aliphatic heterocycles. The van der Waals surface area contributed by atoms with Gasteiger partial charge in [0.2, 0.25) is 23.6 Å². The summed E-state index contributed by atoms with van der Waals surface area (Å²) in [5.41, 5.74) is 3.74. The van der Waals surface area contributed by atoms with E-state index in [0.29, 0.717) is 54.7 Å². The molecule has 4 aliphatic rings. The number of carbonyl (C=O) groups excluding carboxylic acids is 4. The van der Waals surface area contributed by atoms with Crippen LogP contribution in [0.5, 0.6) is 0 Å². The number of fused-ring (bicyclic) bond motifs is 5. The van der Waals surface area contributed by atoms with Gasteiger partial charge in [-0.05, 0) is 153 Å². The summed E-state index contributed by atoms with van der Waals surface area (Å²) in [5, 5.41) is 20.8. The van der Waals surface area contributed by atoms with Crippen molar-refractivity contribution in [2.45, 2.75) is 176 Å². The maximum atomic E-state index is 13.5. The van der Waals surface area contributed by atoms with E-state index in [-0.39, 0.29) is 49.2 Å². The standard InChI is InChI=1S/C52H84N4O6S/c1-34(2)11-9-12-36(5)42-19-20-43-41-18-15-38-32-40(23-26-51(38,6)44(41)24-27-52(42,43)7)62-29-10-28-53-47(58)21-22-48(59)55-46(31-35(3)4)50(61)56-45(25-30-63-8)49(60)54-39-16-13-37(33-57)14-17-39/h13-17,34-36,40-46,57H,9-12,18-33H2,1-8H3,(H,53,58)(H,54,60)(H,55,59)(H,56,61)/t36-,40+,41+,42-,43+,44?,45+,46+,51+,52-/m1/s1. The fourth-order valence-corrected chi connectivity index (χ4v) is 12.8. The van der Waals surface area contributed by atoms with Crippen molar-refractivity contribution in [2.24, 2.45) is 52.3 Å². The van der Waals surface area contributed by atoms with E-state index in [1.807, 2.05) is 20.1 Å². The first-order chi connectivity index (χ1) is 30.1. The van der Waals surface area contributed by atoms with Crippen LogP contribution in [0.2, 0.25) is 0 Å². The smallest absolute Gasteiger partial charge is 0.246 e. The summed E-state index contributed by atoms with van der Waals surface area (Å²) in [5.74, 6) is 4.41. The Kier molecular flexibility index (Phi) is 19.5. The van der Waals surface area contributed by atoms with Crippen molar-refractivity contribution < 1.29 is 29.0 Å². The topological polar surface area (TPSA) is 146 Å². The summed E-state index contributed by atoms with van der Waals surface area (Å²) in [4.78, 5) is 52.5. The van der Waals surface area contributed by atoms with Crippen molar-refractivity contribution in [1.82, 2.24) is 16.0 Å². The molecule has 0 spiro atoms. The third-order valence-corrected chi connectivity index (χ3v) is 16.5. The van der Waals surface area contributed by atoms with Crippen LogP contribution in [-0.4, -0.2) is 72.1 Å². The Labute approximate surface area is 384 Å². The van der Waals surface area contributed by atoms with Crippen molar-refractivity contribution in [1.29, 1.82) is 0 Å². The highest BCUT2D eigenvalue weighted by Gasteiger charge is 2.59. The zero-order valence-electron chi connectivity index (χ0n) is 40.2. The van der Waals surface area contributed by atoms with Crippen molar-refractivity contribution in [3.8, 4) is 0 Å². The van der Waals surface area contributed by atoms with E-state index in [1.165, 1.54) is 57.8 Å². The number of nitrogens with one attached hydrogen (secondary N) is 4. The van der Waals surface area contributed by atoms with Crippen molar-refractivity contribution in [3.05, 3.63) is 41.5 Å². The van der Waals surface area contributed by atoms with Gasteiger partial charge in [-0.1, -0.05) is 91.5 Å². The van der Waals surface area contributed by atoms with Crippen molar-refractivity contribution in [2.75, 3.05) is 30.5 Å². The Balaban J connectivity index is 1.01. The fraction of sp³-hybridized carbons (Fsp3) is 0.769. The number of allylic oxidation sites excluding steroid dienone is 1. The number of aliphatic hydroxyl groups is 1. The Morgan fingerprint density at radius 2 is 1.57 bits per heavy atom. The van der Waals surface area contributed by atoms with E-state index < -0.39 is 18.0 Å². The number of benzene rings is 1. The van der Waals surface area contributed by atoms with E-state index >= 15 is 0 Å². The van der Waals surface area contributed by atoms with Gasteiger partial charge in [-0.3, -0.25) is 19.2 Å². The average molecular weight is 893 g/mol. The van der Waals surface area contributed by atoms with Crippen LogP contribution in [-0.2, 0) is 30.5 Å². The van der Waals surface area contributed by atoms with E-state index in [1.54, 1.807) is 41.6 Å². The molecule has 10 atom stereocenters. The lowest BCUT2D eigenvalue weighted by Gasteiger charge is -2.58. The van der Waals surface area contributed by atoms with E-state index in [2.05, 4.69) is 62.0 Å². The monoisotopic (exact) mass is 893 g/mol. The molecule has 4 amide bonds. The molecule has 5 rings (SSSR count). The molecule has 4 aliphatic carbocycles. The predicted octanol–water partition coefficient (Wildman–Crippen LogP) is 9.60. The quantitative estimate of drug-likeness (QED) is 0.0514. The van der Waals surface area contributed by atoms with Crippen molar-refractivity contribution in [3.63, 3.8) is 0 Å². The van der Waals surface area contributed by atoms with Crippen LogP contribution in [0, 0.1) is 52.3 Å². The molecule has 11 heteroatoms. The Morgan fingerprint density at radius 3 is 2.27 bits per heavy atom. The Bertz CT molecular complexity index is 1680. The molecule has 1 aromatic carbocycles. The minimum atomic E-state index is -0.842. The van der Waals surface area contributed by atoms with Crippen LogP contribution in [0.3, 0.4) is 0 Å². The number of anilines is 1. The van der Waals surface area contributed by atoms with Gasteiger partial charge in [-0.15, -0.1) is 0 Å². The average Bonchev–Trinajstić information content (AvgIpc) is 3.61. The summed E-state index contributed by atoms with van der Waals surface area (Å²) in [7, 11) is 0. The second-order valence-corrected chi connectivity index (χ2v) is 22.2. The van der Waals surface area contributed by atoms with Crippen LogP contribution in [0.4, 0.5) is 5.69 Å². The molecule has 0 heterocycles.